The van der Waals surface area contributed by atoms with Crippen LogP contribution in [0.15, 0.2) is 30.3 Å². The van der Waals surface area contributed by atoms with Gasteiger partial charge in [-0.1, -0.05) is 17.7 Å². The summed E-state index contributed by atoms with van der Waals surface area (Å²) in [7, 11) is 2.79. The Morgan fingerprint density at radius 3 is 2.19 bits per heavy atom. The van der Waals surface area contributed by atoms with Crippen molar-refractivity contribution in [2.45, 2.75) is 6.10 Å². The average molecular weight is 315 g/mol. The number of hydrogen-bond donors (Lipinski definition) is 1. The van der Waals surface area contributed by atoms with Crippen LogP contribution in [-0.2, 0) is 0 Å². The van der Waals surface area contributed by atoms with Gasteiger partial charge in [0.05, 0.1) is 19.2 Å². The van der Waals surface area contributed by atoms with Crippen molar-refractivity contribution in [3.05, 3.63) is 58.1 Å². The average Bonchev–Trinajstić information content (AvgIpc) is 2.49. The normalized spacial score (nSPS) is 12.1. The molecule has 6 heteroatoms. The van der Waals surface area contributed by atoms with Crippen LogP contribution in [0.5, 0.6) is 11.5 Å². The van der Waals surface area contributed by atoms with Gasteiger partial charge in [0.15, 0.2) is 11.5 Å². The minimum Gasteiger partial charge on any atom is -0.493 e. The molecule has 1 unspecified atom stereocenters. The largest absolute Gasteiger partial charge is 0.493 e. The van der Waals surface area contributed by atoms with Crippen molar-refractivity contribution < 1.29 is 23.4 Å². The zero-order valence-corrected chi connectivity index (χ0v) is 12.1. The highest BCUT2D eigenvalue weighted by molar-refractivity contribution is 6.30. The van der Waals surface area contributed by atoms with E-state index in [2.05, 4.69) is 0 Å². The first kappa shape index (κ1) is 15.5. The number of benzene rings is 2. The van der Waals surface area contributed by atoms with E-state index >= 15 is 0 Å². The van der Waals surface area contributed by atoms with E-state index in [9.17, 15) is 13.9 Å². The Kier molecular flexibility index (Phi) is 4.65. The van der Waals surface area contributed by atoms with Gasteiger partial charge in [0.1, 0.15) is 17.7 Å². The lowest BCUT2D eigenvalue weighted by Gasteiger charge is -2.16. The van der Waals surface area contributed by atoms with Gasteiger partial charge in [-0.05, 0) is 23.8 Å². The van der Waals surface area contributed by atoms with Crippen LogP contribution in [0.4, 0.5) is 8.78 Å². The second kappa shape index (κ2) is 6.28. The third-order valence-corrected chi connectivity index (χ3v) is 3.35. The van der Waals surface area contributed by atoms with E-state index < -0.39 is 17.7 Å². The molecule has 0 saturated heterocycles. The van der Waals surface area contributed by atoms with Crippen molar-refractivity contribution in [3.8, 4) is 11.5 Å². The third kappa shape index (κ3) is 3.09. The van der Waals surface area contributed by atoms with Crippen molar-refractivity contribution in [2.24, 2.45) is 0 Å². The van der Waals surface area contributed by atoms with Crippen molar-refractivity contribution in [1.29, 1.82) is 0 Å². The van der Waals surface area contributed by atoms with Crippen LogP contribution in [0.2, 0.25) is 5.02 Å². The Hall–Kier alpha value is -1.85. The maximum atomic E-state index is 14.1. The van der Waals surface area contributed by atoms with E-state index in [1.807, 2.05) is 0 Å². The first-order valence-electron chi connectivity index (χ1n) is 6.02. The lowest BCUT2D eigenvalue weighted by atomic mass is 10.0. The number of hydrogen-bond acceptors (Lipinski definition) is 3. The molecule has 21 heavy (non-hydrogen) atoms. The summed E-state index contributed by atoms with van der Waals surface area (Å²) >= 11 is 5.67. The fraction of sp³-hybridized carbons (Fsp3) is 0.200. The van der Waals surface area contributed by atoms with Crippen molar-refractivity contribution >= 4 is 11.6 Å². The Balaban J connectivity index is 2.47. The van der Waals surface area contributed by atoms with Crippen molar-refractivity contribution in [2.75, 3.05) is 14.2 Å². The van der Waals surface area contributed by atoms with Gasteiger partial charge in [-0.25, -0.2) is 8.78 Å². The van der Waals surface area contributed by atoms with Gasteiger partial charge in [0, 0.05) is 11.6 Å². The molecule has 0 aliphatic rings. The fourth-order valence-electron chi connectivity index (χ4n) is 1.94. The summed E-state index contributed by atoms with van der Waals surface area (Å²) in [5.74, 6) is -0.787. The van der Waals surface area contributed by atoms with Gasteiger partial charge < -0.3 is 14.6 Å². The molecule has 0 fully saturated rings. The first-order valence-corrected chi connectivity index (χ1v) is 6.40. The number of rotatable bonds is 4. The van der Waals surface area contributed by atoms with E-state index in [0.29, 0.717) is 0 Å². The van der Waals surface area contributed by atoms with E-state index in [0.717, 1.165) is 12.1 Å². The SMILES string of the molecule is COc1cc(F)c(C(O)c2ccc(F)c(Cl)c2)cc1OC. The van der Waals surface area contributed by atoms with Crippen LogP contribution in [-0.4, -0.2) is 19.3 Å². The van der Waals surface area contributed by atoms with Gasteiger partial charge >= 0.3 is 0 Å². The highest BCUT2D eigenvalue weighted by atomic mass is 35.5. The number of aliphatic hydroxyl groups excluding tert-OH is 1. The summed E-state index contributed by atoms with van der Waals surface area (Å²) in [6, 6.07) is 6.14. The smallest absolute Gasteiger partial charge is 0.163 e. The molecule has 0 heterocycles. The highest BCUT2D eigenvalue weighted by Crippen LogP contribution is 2.35. The molecule has 3 nitrogen and oxygen atoms in total. The molecule has 112 valence electrons. The molecule has 2 rings (SSSR count). The minimum absolute atomic E-state index is 0.0182. The summed E-state index contributed by atoms with van der Waals surface area (Å²) in [5.41, 5.74) is 0.253. The number of ether oxygens (including phenoxy) is 2. The standard InChI is InChI=1S/C15H13ClF2O3/c1-20-13-6-9(12(18)7-14(13)21-2)15(19)8-3-4-11(17)10(16)5-8/h3-7,15,19H,1-2H3. The molecule has 0 aliphatic heterocycles. The molecule has 2 aromatic carbocycles. The lowest BCUT2D eigenvalue weighted by molar-refractivity contribution is 0.213. The van der Waals surface area contributed by atoms with E-state index in [1.54, 1.807) is 0 Å². The van der Waals surface area contributed by atoms with Gasteiger partial charge in [-0.2, -0.15) is 0 Å². The summed E-state index contributed by atoms with van der Waals surface area (Å²) in [5, 5.41) is 10.1. The Labute approximate surface area is 125 Å². The second-order valence-electron chi connectivity index (χ2n) is 4.30. The predicted octanol–water partition coefficient (Wildman–Crippen LogP) is 3.72. The monoisotopic (exact) mass is 314 g/mol. The predicted molar refractivity (Wildman–Crippen MR) is 75.0 cm³/mol. The van der Waals surface area contributed by atoms with Crippen LogP contribution in [0.25, 0.3) is 0 Å². The third-order valence-electron chi connectivity index (χ3n) is 3.06. The molecule has 0 saturated carbocycles. The molecule has 0 spiro atoms. The lowest BCUT2D eigenvalue weighted by Crippen LogP contribution is -2.04. The molecule has 1 atom stereocenters. The molecular formula is C15H13ClF2O3. The Bertz CT molecular complexity index is 662. The van der Waals surface area contributed by atoms with Crippen LogP contribution in [0, 0.1) is 11.6 Å². The molecule has 0 aromatic heterocycles. The fourth-order valence-corrected chi connectivity index (χ4v) is 2.13. The number of methoxy groups -OCH3 is 2. The highest BCUT2D eigenvalue weighted by Gasteiger charge is 2.20. The van der Waals surface area contributed by atoms with Crippen LogP contribution in [0.1, 0.15) is 17.2 Å². The molecular weight excluding hydrogens is 302 g/mol. The molecule has 0 amide bonds. The molecule has 2 aromatic rings. The van der Waals surface area contributed by atoms with Gasteiger partial charge in [0.2, 0.25) is 0 Å². The van der Waals surface area contributed by atoms with Crippen LogP contribution >= 0.6 is 11.6 Å². The van der Waals surface area contributed by atoms with E-state index in [1.165, 1.54) is 32.4 Å². The second-order valence-corrected chi connectivity index (χ2v) is 4.71. The Morgan fingerprint density at radius 1 is 1.00 bits per heavy atom. The molecule has 1 N–H and O–H groups in total. The summed E-state index contributed by atoms with van der Waals surface area (Å²) in [6.45, 7) is 0. The van der Waals surface area contributed by atoms with Crippen molar-refractivity contribution in [3.63, 3.8) is 0 Å². The molecule has 0 aliphatic carbocycles. The van der Waals surface area contributed by atoms with Crippen molar-refractivity contribution in [1.82, 2.24) is 0 Å². The maximum absolute atomic E-state index is 14.1. The summed E-state index contributed by atoms with van der Waals surface area (Å²) < 4.78 is 37.3. The van der Waals surface area contributed by atoms with Crippen LogP contribution in [0.3, 0.4) is 0 Å². The summed E-state index contributed by atoms with van der Waals surface area (Å²) in [6.07, 6.45) is -1.30. The summed E-state index contributed by atoms with van der Waals surface area (Å²) in [4.78, 5) is 0. The number of halogens is 3. The molecule has 0 radical (unpaired) electrons. The van der Waals surface area contributed by atoms with E-state index in [-0.39, 0.29) is 27.6 Å². The van der Waals surface area contributed by atoms with Gasteiger partial charge in [-0.15, -0.1) is 0 Å². The van der Waals surface area contributed by atoms with E-state index in [4.69, 9.17) is 21.1 Å². The number of aliphatic hydroxyl groups is 1. The quantitative estimate of drug-likeness (QED) is 0.935. The zero-order valence-electron chi connectivity index (χ0n) is 11.4. The topological polar surface area (TPSA) is 38.7 Å². The maximum Gasteiger partial charge on any atom is 0.163 e. The first-order chi connectivity index (χ1) is 9.97. The minimum atomic E-state index is -1.30. The molecule has 0 bridgehead atoms. The van der Waals surface area contributed by atoms with Gasteiger partial charge in [-0.3, -0.25) is 0 Å². The Morgan fingerprint density at radius 2 is 1.62 bits per heavy atom. The van der Waals surface area contributed by atoms with Gasteiger partial charge in [0.25, 0.3) is 0 Å². The zero-order chi connectivity index (χ0) is 15.6. The van der Waals surface area contributed by atoms with Crippen LogP contribution < -0.4 is 9.47 Å².